The molecule has 108 valence electrons. The fourth-order valence-corrected chi connectivity index (χ4v) is 1.79. The van der Waals surface area contributed by atoms with Crippen molar-refractivity contribution in [3.8, 4) is 5.75 Å². The van der Waals surface area contributed by atoms with Crippen LogP contribution in [0.3, 0.4) is 0 Å². The van der Waals surface area contributed by atoms with Crippen molar-refractivity contribution in [2.75, 3.05) is 11.9 Å². The summed E-state index contributed by atoms with van der Waals surface area (Å²) in [6.07, 6.45) is 1.64. The van der Waals surface area contributed by atoms with Crippen molar-refractivity contribution >= 4 is 11.6 Å². The molecule has 0 aliphatic heterocycles. The second-order valence-corrected chi connectivity index (χ2v) is 4.56. The molecule has 21 heavy (non-hydrogen) atoms. The summed E-state index contributed by atoms with van der Waals surface area (Å²) in [6, 6.07) is 11.2. The number of hydrogen-bond donors (Lipinski definition) is 1. The quantitative estimate of drug-likeness (QED) is 0.845. The van der Waals surface area contributed by atoms with Crippen molar-refractivity contribution in [2.24, 2.45) is 0 Å². The number of rotatable bonds is 5. The number of hydrogen-bond acceptors (Lipinski definition) is 2. The first kappa shape index (κ1) is 14.8. The van der Waals surface area contributed by atoms with Gasteiger partial charge in [-0.05, 0) is 48.9 Å². The molecule has 0 radical (unpaired) electrons. The van der Waals surface area contributed by atoms with Gasteiger partial charge in [0.15, 0.2) is 0 Å². The molecule has 0 spiro atoms. The van der Waals surface area contributed by atoms with Gasteiger partial charge in [-0.15, -0.1) is 0 Å². The summed E-state index contributed by atoms with van der Waals surface area (Å²) in [7, 11) is 0. The zero-order valence-electron chi connectivity index (χ0n) is 11.7. The first-order valence-electron chi connectivity index (χ1n) is 6.51. The van der Waals surface area contributed by atoms with Gasteiger partial charge in [0.2, 0.25) is 0 Å². The van der Waals surface area contributed by atoms with E-state index in [2.05, 4.69) is 11.9 Å². The smallest absolute Gasteiger partial charge is 0.255 e. The average molecular weight is 285 g/mol. The molecule has 1 N–H and O–H groups in total. The lowest BCUT2D eigenvalue weighted by Crippen LogP contribution is -2.13. The van der Waals surface area contributed by atoms with E-state index >= 15 is 0 Å². The second-order valence-electron chi connectivity index (χ2n) is 4.56. The van der Waals surface area contributed by atoms with Gasteiger partial charge in [-0.25, -0.2) is 4.39 Å². The fourth-order valence-electron chi connectivity index (χ4n) is 1.79. The highest BCUT2D eigenvalue weighted by Gasteiger charge is 2.09. The number of benzene rings is 2. The Morgan fingerprint density at radius 2 is 2.00 bits per heavy atom. The summed E-state index contributed by atoms with van der Waals surface area (Å²) in [5.41, 5.74) is 1.48. The van der Waals surface area contributed by atoms with Crippen LogP contribution in [0.1, 0.15) is 15.9 Å². The lowest BCUT2D eigenvalue weighted by Gasteiger charge is -2.08. The molecule has 0 fully saturated rings. The monoisotopic (exact) mass is 285 g/mol. The topological polar surface area (TPSA) is 38.3 Å². The van der Waals surface area contributed by atoms with Crippen molar-refractivity contribution in [2.45, 2.75) is 6.92 Å². The molecule has 0 aromatic heterocycles. The molecule has 2 rings (SSSR count). The van der Waals surface area contributed by atoms with Gasteiger partial charge in [0, 0.05) is 5.56 Å². The lowest BCUT2D eigenvalue weighted by atomic mass is 10.1. The Bertz CT molecular complexity index is 650. The van der Waals surface area contributed by atoms with Crippen molar-refractivity contribution in [3.63, 3.8) is 0 Å². The van der Waals surface area contributed by atoms with E-state index in [4.69, 9.17) is 4.74 Å². The van der Waals surface area contributed by atoms with E-state index < -0.39 is 5.82 Å². The van der Waals surface area contributed by atoms with Crippen molar-refractivity contribution in [1.82, 2.24) is 0 Å². The number of nitrogens with one attached hydrogen (secondary N) is 1. The van der Waals surface area contributed by atoms with Gasteiger partial charge >= 0.3 is 0 Å². The predicted molar refractivity (Wildman–Crippen MR) is 81.2 cm³/mol. The third-order valence-electron chi connectivity index (χ3n) is 2.85. The minimum atomic E-state index is -0.458. The Morgan fingerprint density at radius 3 is 2.67 bits per heavy atom. The van der Waals surface area contributed by atoms with E-state index in [1.807, 2.05) is 6.92 Å². The number of aryl methyl sites for hydroxylation is 1. The van der Waals surface area contributed by atoms with Crippen LogP contribution in [-0.2, 0) is 0 Å². The number of halogens is 1. The molecule has 1 amide bonds. The standard InChI is InChI=1S/C17H16FNO2/c1-3-10-21-14-7-5-13(6-8-14)17(20)19-16-11-12(2)4-9-15(16)18/h3-9,11H,1,10H2,2H3,(H,19,20). The molecular weight excluding hydrogens is 269 g/mol. The van der Waals surface area contributed by atoms with Gasteiger partial charge < -0.3 is 10.1 Å². The Morgan fingerprint density at radius 1 is 1.29 bits per heavy atom. The molecule has 0 atom stereocenters. The van der Waals surface area contributed by atoms with Crippen LogP contribution in [0.15, 0.2) is 55.1 Å². The molecule has 0 unspecified atom stereocenters. The first-order valence-corrected chi connectivity index (χ1v) is 6.51. The molecule has 2 aromatic rings. The zero-order valence-corrected chi connectivity index (χ0v) is 11.7. The van der Waals surface area contributed by atoms with Crippen LogP contribution in [0.25, 0.3) is 0 Å². The van der Waals surface area contributed by atoms with Crippen LogP contribution in [0.5, 0.6) is 5.75 Å². The highest BCUT2D eigenvalue weighted by molar-refractivity contribution is 6.04. The molecule has 0 bridgehead atoms. The summed E-state index contributed by atoms with van der Waals surface area (Å²) >= 11 is 0. The number of anilines is 1. The van der Waals surface area contributed by atoms with Crippen LogP contribution in [0, 0.1) is 12.7 Å². The number of carbonyl (C=O) groups is 1. The Kier molecular flexibility index (Phi) is 4.72. The Labute approximate surface area is 123 Å². The van der Waals surface area contributed by atoms with Crippen LogP contribution >= 0.6 is 0 Å². The zero-order chi connectivity index (χ0) is 15.2. The molecule has 2 aromatic carbocycles. The van der Waals surface area contributed by atoms with Gasteiger partial charge in [0.1, 0.15) is 18.2 Å². The average Bonchev–Trinajstić information content (AvgIpc) is 2.49. The first-order chi connectivity index (χ1) is 10.1. The second kappa shape index (κ2) is 6.70. The minimum Gasteiger partial charge on any atom is -0.490 e. The van der Waals surface area contributed by atoms with E-state index in [0.717, 1.165) is 5.56 Å². The maximum atomic E-state index is 13.6. The largest absolute Gasteiger partial charge is 0.490 e. The summed E-state index contributed by atoms with van der Waals surface area (Å²) in [5.74, 6) is -0.178. The van der Waals surface area contributed by atoms with Gasteiger partial charge in [0.25, 0.3) is 5.91 Å². The normalized spacial score (nSPS) is 10.0. The van der Waals surface area contributed by atoms with Gasteiger partial charge in [-0.2, -0.15) is 0 Å². The fraction of sp³-hybridized carbons (Fsp3) is 0.118. The van der Waals surface area contributed by atoms with E-state index in [0.29, 0.717) is 17.9 Å². The van der Waals surface area contributed by atoms with Gasteiger partial charge in [0.05, 0.1) is 5.69 Å². The molecule has 0 aliphatic rings. The van der Waals surface area contributed by atoms with E-state index in [-0.39, 0.29) is 11.6 Å². The molecule has 3 nitrogen and oxygen atoms in total. The number of carbonyl (C=O) groups excluding carboxylic acids is 1. The molecular formula is C17H16FNO2. The third-order valence-corrected chi connectivity index (χ3v) is 2.85. The van der Waals surface area contributed by atoms with Crippen molar-refractivity contribution < 1.29 is 13.9 Å². The summed E-state index contributed by atoms with van der Waals surface area (Å²) in [4.78, 5) is 12.1. The van der Waals surface area contributed by atoms with Crippen LogP contribution in [0.2, 0.25) is 0 Å². The maximum absolute atomic E-state index is 13.6. The number of ether oxygens (including phenoxy) is 1. The molecule has 0 aliphatic carbocycles. The molecule has 0 heterocycles. The van der Waals surface area contributed by atoms with E-state index in [1.165, 1.54) is 6.07 Å². The van der Waals surface area contributed by atoms with Crippen LogP contribution < -0.4 is 10.1 Å². The van der Waals surface area contributed by atoms with E-state index in [1.54, 1.807) is 42.5 Å². The SMILES string of the molecule is C=CCOc1ccc(C(=O)Nc2cc(C)ccc2F)cc1. The summed E-state index contributed by atoms with van der Waals surface area (Å²) in [6.45, 7) is 5.80. The minimum absolute atomic E-state index is 0.173. The molecule has 0 saturated heterocycles. The van der Waals surface area contributed by atoms with Crippen LogP contribution in [-0.4, -0.2) is 12.5 Å². The van der Waals surface area contributed by atoms with E-state index in [9.17, 15) is 9.18 Å². The van der Waals surface area contributed by atoms with Crippen molar-refractivity contribution in [3.05, 3.63) is 72.1 Å². The maximum Gasteiger partial charge on any atom is 0.255 e. The number of amides is 1. The third kappa shape index (κ3) is 3.92. The molecule has 0 saturated carbocycles. The lowest BCUT2D eigenvalue weighted by molar-refractivity contribution is 0.102. The summed E-state index contributed by atoms with van der Waals surface area (Å²) in [5, 5.41) is 2.56. The molecule has 4 heteroatoms. The summed E-state index contributed by atoms with van der Waals surface area (Å²) < 4.78 is 18.9. The van der Waals surface area contributed by atoms with Gasteiger partial charge in [-0.3, -0.25) is 4.79 Å². The highest BCUT2D eigenvalue weighted by atomic mass is 19.1. The highest BCUT2D eigenvalue weighted by Crippen LogP contribution is 2.18. The Balaban J connectivity index is 2.09. The van der Waals surface area contributed by atoms with Gasteiger partial charge in [-0.1, -0.05) is 18.7 Å². The predicted octanol–water partition coefficient (Wildman–Crippen LogP) is 3.95. The van der Waals surface area contributed by atoms with Crippen LogP contribution in [0.4, 0.5) is 10.1 Å². The Hall–Kier alpha value is -2.62. The van der Waals surface area contributed by atoms with Crippen molar-refractivity contribution in [1.29, 1.82) is 0 Å².